The lowest BCUT2D eigenvalue weighted by atomic mass is 9.69. The van der Waals surface area contributed by atoms with E-state index in [-0.39, 0.29) is 17.9 Å². The Hall–Kier alpha value is -1.10. The highest BCUT2D eigenvalue weighted by atomic mass is 16.2. The van der Waals surface area contributed by atoms with Gasteiger partial charge in [-0.3, -0.25) is 10.1 Å². The molecule has 1 fully saturated rings. The molecule has 0 aliphatic heterocycles. The summed E-state index contributed by atoms with van der Waals surface area (Å²) in [5, 5.41) is 7.95. The van der Waals surface area contributed by atoms with Crippen LogP contribution in [0.1, 0.15) is 46.5 Å². The lowest BCUT2D eigenvalue weighted by molar-refractivity contribution is -0.119. The van der Waals surface area contributed by atoms with E-state index in [1.807, 2.05) is 0 Å². The van der Waals surface area contributed by atoms with E-state index < -0.39 is 6.03 Å². The van der Waals surface area contributed by atoms with Gasteiger partial charge in [-0.25, -0.2) is 4.79 Å². The maximum Gasteiger partial charge on any atom is 0.321 e. The van der Waals surface area contributed by atoms with Gasteiger partial charge in [0.25, 0.3) is 0 Å². The molecule has 3 N–H and O–H groups in total. The number of carbonyl (C=O) groups is 2. The summed E-state index contributed by atoms with van der Waals surface area (Å²) in [7, 11) is 1.49. The van der Waals surface area contributed by atoms with Crippen LogP contribution < -0.4 is 16.0 Å². The van der Waals surface area contributed by atoms with E-state index in [9.17, 15) is 9.59 Å². The molecule has 5 nitrogen and oxygen atoms in total. The van der Waals surface area contributed by atoms with Crippen molar-refractivity contribution in [2.45, 2.75) is 52.5 Å². The lowest BCUT2D eigenvalue weighted by Crippen LogP contribution is -2.49. The van der Waals surface area contributed by atoms with Crippen molar-refractivity contribution >= 4 is 11.9 Å². The molecule has 2 atom stereocenters. The summed E-state index contributed by atoms with van der Waals surface area (Å²) >= 11 is 0. The van der Waals surface area contributed by atoms with Crippen molar-refractivity contribution in [3.8, 4) is 0 Å². The van der Waals surface area contributed by atoms with Gasteiger partial charge < -0.3 is 10.6 Å². The van der Waals surface area contributed by atoms with Crippen LogP contribution in [0.4, 0.5) is 4.79 Å². The number of imide groups is 1. The Bertz CT molecular complexity index is 323. The molecule has 0 saturated heterocycles. The van der Waals surface area contributed by atoms with Crippen LogP contribution in [0, 0.1) is 11.3 Å². The van der Waals surface area contributed by atoms with Crippen LogP contribution in [-0.2, 0) is 4.79 Å². The largest absolute Gasteiger partial charge is 0.341 e. The highest BCUT2D eigenvalue weighted by Crippen LogP contribution is 2.37. The van der Waals surface area contributed by atoms with Crippen LogP contribution in [-0.4, -0.2) is 31.6 Å². The van der Waals surface area contributed by atoms with Crippen molar-refractivity contribution in [2.24, 2.45) is 11.3 Å². The summed E-state index contributed by atoms with van der Waals surface area (Å²) in [5.74, 6) is 0.298. The molecule has 0 aromatic heterocycles. The topological polar surface area (TPSA) is 70.2 Å². The molecule has 1 aliphatic rings. The zero-order chi connectivity index (χ0) is 14.5. The molecule has 0 unspecified atom stereocenters. The summed E-state index contributed by atoms with van der Waals surface area (Å²) in [4.78, 5) is 22.6. The highest BCUT2D eigenvalue weighted by Gasteiger charge is 2.33. The number of urea groups is 1. The number of amides is 3. The minimum atomic E-state index is -0.456. The molecule has 0 radical (unpaired) electrons. The van der Waals surface area contributed by atoms with E-state index in [1.165, 1.54) is 26.3 Å². The van der Waals surface area contributed by atoms with Crippen molar-refractivity contribution in [1.29, 1.82) is 0 Å². The summed E-state index contributed by atoms with van der Waals surface area (Å²) in [5.41, 5.74) is 0.245. The zero-order valence-corrected chi connectivity index (χ0v) is 12.5. The van der Waals surface area contributed by atoms with Crippen molar-refractivity contribution < 1.29 is 9.59 Å². The van der Waals surface area contributed by atoms with Crippen LogP contribution in [0.5, 0.6) is 0 Å². The lowest BCUT2D eigenvalue weighted by Gasteiger charge is -2.40. The van der Waals surface area contributed by atoms with Gasteiger partial charge >= 0.3 is 6.03 Å². The molecule has 5 heteroatoms. The maximum atomic E-state index is 11.6. The first-order valence-electron chi connectivity index (χ1n) is 7.09. The van der Waals surface area contributed by atoms with Gasteiger partial charge in [-0.2, -0.15) is 0 Å². The SMILES string of the molecule is CNC(=O)NC(=O)CN[C@H]1CCCC[C@H]1C(C)(C)C. The fraction of sp³-hybridized carbons (Fsp3) is 0.857. The molecule has 110 valence electrons. The summed E-state index contributed by atoms with van der Waals surface area (Å²) in [6.07, 6.45) is 4.79. The third kappa shape index (κ3) is 5.19. The summed E-state index contributed by atoms with van der Waals surface area (Å²) in [6, 6.07) is -0.0907. The van der Waals surface area contributed by atoms with Gasteiger partial charge in [0.1, 0.15) is 0 Å². The molecular formula is C14H27N3O2. The standard InChI is InChI=1S/C14H27N3O2/c1-14(2,3)10-7-5-6-8-11(10)16-9-12(18)17-13(19)15-4/h10-11,16H,5-9H2,1-4H3,(H2,15,17,18,19)/t10-,11+/m1/s1. The van der Waals surface area contributed by atoms with Gasteiger partial charge in [-0.05, 0) is 24.2 Å². The molecule has 0 spiro atoms. The minimum Gasteiger partial charge on any atom is -0.341 e. The van der Waals surface area contributed by atoms with Crippen LogP contribution in [0.25, 0.3) is 0 Å². The van der Waals surface area contributed by atoms with E-state index in [1.54, 1.807) is 0 Å². The quantitative estimate of drug-likeness (QED) is 0.729. The number of carbonyl (C=O) groups excluding carboxylic acids is 2. The fourth-order valence-corrected chi connectivity index (χ4v) is 2.87. The highest BCUT2D eigenvalue weighted by molar-refractivity contribution is 5.95. The van der Waals surface area contributed by atoms with Crippen LogP contribution in [0.2, 0.25) is 0 Å². The third-order valence-corrected chi connectivity index (χ3v) is 3.88. The molecular weight excluding hydrogens is 242 g/mol. The second-order valence-corrected chi connectivity index (χ2v) is 6.37. The van der Waals surface area contributed by atoms with Crippen LogP contribution in [0.15, 0.2) is 0 Å². The number of hydrogen-bond donors (Lipinski definition) is 3. The first kappa shape index (κ1) is 16.0. The van der Waals surface area contributed by atoms with Crippen LogP contribution in [0.3, 0.4) is 0 Å². The fourth-order valence-electron chi connectivity index (χ4n) is 2.87. The van der Waals surface area contributed by atoms with E-state index in [0.29, 0.717) is 12.0 Å². The van der Waals surface area contributed by atoms with Crippen molar-refractivity contribution in [2.75, 3.05) is 13.6 Å². The normalized spacial score (nSPS) is 23.8. The van der Waals surface area contributed by atoms with E-state index in [0.717, 1.165) is 6.42 Å². The van der Waals surface area contributed by atoms with Gasteiger partial charge in [-0.1, -0.05) is 33.6 Å². The van der Waals surface area contributed by atoms with Crippen molar-refractivity contribution in [3.05, 3.63) is 0 Å². The zero-order valence-electron chi connectivity index (χ0n) is 12.5. The van der Waals surface area contributed by atoms with Crippen molar-refractivity contribution in [1.82, 2.24) is 16.0 Å². The predicted molar refractivity (Wildman–Crippen MR) is 75.8 cm³/mol. The average Bonchev–Trinajstić information content (AvgIpc) is 2.35. The van der Waals surface area contributed by atoms with Gasteiger partial charge in [0.05, 0.1) is 6.54 Å². The Balaban J connectivity index is 2.45. The molecule has 3 amide bonds. The number of hydrogen-bond acceptors (Lipinski definition) is 3. The van der Waals surface area contributed by atoms with Gasteiger partial charge in [0.15, 0.2) is 0 Å². The monoisotopic (exact) mass is 269 g/mol. The Morgan fingerprint density at radius 2 is 1.79 bits per heavy atom. The summed E-state index contributed by atoms with van der Waals surface area (Å²) < 4.78 is 0. The van der Waals surface area contributed by atoms with E-state index in [2.05, 4.69) is 36.7 Å². The Labute approximate surface area is 115 Å². The second-order valence-electron chi connectivity index (χ2n) is 6.37. The summed E-state index contributed by atoms with van der Waals surface area (Å²) in [6.45, 7) is 6.96. The average molecular weight is 269 g/mol. The number of nitrogens with one attached hydrogen (secondary N) is 3. The maximum absolute atomic E-state index is 11.6. The molecule has 19 heavy (non-hydrogen) atoms. The van der Waals surface area contributed by atoms with E-state index >= 15 is 0 Å². The molecule has 1 aliphatic carbocycles. The molecule has 0 bridgehead atoms. The minimum absolute atomic E-state index is 0.199. The molecule has 0 aromatic rings. The van der Waals surface area contributed by atoms with Crippen molar-refractivity contribution in [3.63, 3.8) is 0 Å². The third-order valence-electron chi connectivity index (χ3n) is 3.88. The second kappa shape index (κ2) is 6.89. The molecule has 0 heterocycles. The predicted octanol–water partition coefficient (Wildman–Crippen LogP) is 1.64. The molecule has 1 saturated carbocycles. The first-order valence-corrected chi connectivity index (χ1v) is 7.09. The molecule has 1 rings (SSSR count). The number of rotatable bonds is 3. The molecule has 0 aromatic carbocycles. The Morgan fingerprint density at radius 3 is 2.37 bits per heavy atom. The first-order chi connectivity index (χ1) is 8.84. The van der Waals surface area contributed by atoms with E-state index in [4.69, 9.17) is 0 Å². The van der Waals surface area contributed by atoms with Gasteiger partial charge in [0, 0.05) is 13.1 Å². The van der Waals surface area contributed by atoms with Gasteiger partial charge in [-0.15, -0.1) is 0 Å². The Morgan fingerprint density at radius 1 is 1.16 bits per heavy atom. The smallest absolute Gasteiger partial charge is 0.321 e. The van der Waals surface area contributed by atoms with Crippen LogP contribution >= 0.6 is 0 Å². The Kier molecular flexibility index (Phi) is 5.79. The van der Waals surface area contributed by atoms with Gasteiger partial charge in [0.2, 0.25) is 5.91 Å².